The third-order valence-electron chi connectivity index (χ3n) is 3.74. The minimum Gasteiger partial charge on any atom is -0.409 e. The van der Waals surface area contributed by atoms with Gasteiger partial charge in [-0.2, -0.15) is 0 Å². The molecule has 4 nitrogen and oxygen atoms in total. The Morgan fingerprint density at radius 2 is 2.26 bits per heavy atom. The average Bonchev–Trinajstić information content (AvgIpc) is 2.69. The van der Waals surface area contributed by atoms with Crippen molar-refractivity contribution in [3.05, 3.63) is 35.1 Å². The maximum absolute atomic E-state index is 14.0. The van der Waals surface area contributed by atoms with Crippen LogP contribution in [0.2, 0.25) is 0 Å². The number of benzene rings is 1. The molecule has 0 aliphatic carbocycles. The van der Waals surface area contributed by atoms with Crippen molar-refractivity contribution in [3.63, 3.8) is 0 Å². The largest absolute Gasteiger partial charge is 0.409 e. The monoisotopic (exact) mass is 265 g/mol. The minimum atomic E-state index is -0.309. The molecule has 0 bridgehead atoms. The molecule has 1 aromatic rings. The Kier molecular flexibility index (Phi) is 4.04. The summed E-state index contributed by atoms with van der Waals surface area (Å²) in [6.07, 6.45) is 1.16. The number of rotatable bonds is 3. The molecule has 104 valence electrons. The van der Waals surface area contributed by atoms with Crippen molar-refractivity contribution >= 4 is 5.84 Å². The Morgan fingerprint density at radius 1 is 1.53 bits per heavy atom. The molecule has 0 amide bonds. The van der Waals surface area contributed by atoms with Crippen LogP contribution in [0, 0.1) is 11.7 Å². The van der Waals surface area contributed by atoms with Gasteiger partial charge < -0.3 is 10.9 Å². The quantitative estimate of drug-likeness (QED) is 0.381. The average molecular weight is 265 g/mol. The second kappa shape index (κ2) is 5.57. The van der Waals surface area contributed by atoms with Crippen LogP contribution in [0.1, 0.15) is 31.4 Å². The first-order valence-electron chi connectivity index (χ1n) is 6.51. The van der Waals surface area contributed by atoms with Gasteiger partial charge in [0.25, 0.3) is 0 Å². The van der Waals surface area contributed by atoms with E-state index in [1.807, 2.05) is 0 Å². The zero-order chi connectivity index (χ0) is 14.0. The summed E-state index contributed by atoms with van der Waals surface area (Å²) >= 11 is 0. The molecular weight excluding hydrogens is 245 g/mol. The molecule has 0 spiro atoms. The SMILES string of the molecule is CC1CC(C)N(Cc2ccc(/C(N)=N/O)cc2F)C1. The van der Waals surface area contributed by atoms with Crippen molar-refractivity contribution in [2.75, 3.05) is 6.54 Å². The van der Waals surface area contributed by atoms with Gasteiger partial charge in [-0.1, -0.05) is 24.2 Å². The molecule has 1 aliphatic heterocycles. The zero-order valence-corrected chi connectivity index (χ0v) is 11.3. The first-order chi connectivity index (χ1) is 9.01. The van der Waals surface area contributed by atoms with Gasteiger partial charge in [-0.25, -0.2) is 4.39 Å². The molecule has 1 saturated heterocycles. The summed E-state index contributed by atoms with van der Waals surface area (Å²) in [5.74, 6) is 0.277. The van der Waals surface area contributed by atoms with Crippen molar-refractivity contribution < 1.29 is 9.60 Å². The minimum absolute atomic E-state index is 0.0754. The number of halogens is 1. The van der Waals surface area contributed by atoms with Crippen LogP contribution >= 0.6 is 0 Å². The van der Waals surface area contributed by atoms with Crippen molar-refractivity contribution in [1.29, 1.82) is 0 Å². The summed E-state index contributed by atoms with van der Waals surface area (Å²) in [7, 11) is 0. The van der Waals surface area contributed by atoms with Gasteiger partial charge in [0.1, 0.15) is 5.82 Å². The molecule has 1 fully saturated rings. The van der Waals surface area contributed by atoms with Gasteiger partial charge in [0, 0.05) is 30.3 Å². The van der Waals surface area contributed by atoms with Crippen LogP contribution in [0.25, 0.3) is 0 Å². The summed E-state index contributed by atoms with van der Waals surface area (Å²) < 4.78 is 14.0. The highest BCUT2D eigenvalue weighted by Gasteiger charge is 2.26. The normalized spacial score (nSPS) is 24.9. The Labute approximate surface area is 112 Å². The lowest BCUT2D eigenvalue weighted by molar-refractivity contribution is 0.253. The van der Waals surface area contributed by atoms with Crippen molar-refractivity contribution in [3.8, 4) is 0 Å². The van der Waals surface area contributed by atoms with E-state index < -0.39 is 0 Å². The van der Waals surface area contributed by atoms with Gasteiger partial charge in [0.15, 0.2) is 5.84 Å². The van der Waals surface area contributed by atoms with Crippen LogP contribution in [-0.2, 0) is 6.54 Å². The fraction of sp³-hybridized carbons (Fsp3) is 0.500. The number of oxime groups is 1. The number of hydrogen-bond donors (Lipinski definition) is 2. The molecule has 2 rings (SSSR count). The highest BCUT2D eigenvalue weighted by molar-refractivity contribution is 5.97. The predicted molar refractivity (Wildman–Crippen MR) is 72.6 cm³/mol. The number of amidine groups is 1. The van der Waals surface area contributed by atoms with Gasteiger partial charge in [-0.05, 0) is 25.3 Å². The second-order valence-corrected chi connectivity index (χ2v) is 5.41. The maximum atomic E-state index is 14.0. The predicted octanol–water partition coefficient (Wildman–Crippen LogP) is 2.15. The van der Waals surface area contributed by atoms with Crippen molar-refractivity contribution in [1.82, 2.24) is 4.90 Å². The van der Waals surface area contributed by atoms with E-state index >= 15 is 0 Å². The molecule has 0 radical (unpaired) electrons. The summed E-state index contributed by atoms with van der Waals surface area (Å²) in [5, 5.41) is 11.4. The van der Waals surface area contributed by atoms with Crippen LogP contribution in [0.4, 0.5) is 4.39 Å². The van der Waals surface area contributed by atoms with E-state index in [-0.39, 0.29) is 11.7 Å². The fourth-order valence-electron chi connectivity index (χ4n) is 2.72. The summed E-state index contributed by atoms with van der Waals surface area (Å²) in [5.41, 5.74) is 6.48. The van der Waals surface area contributed by atoms with Crippen LogP contribution in [0.5, 0.6) is 0 Å². The fourth-order valence-corrected chi connectivity index (χ4v) is 2.72. The molecule has 2 atom stereocenters. The van der Waals surface area contributed by atoms with E-state index in [0.717, 1.165) is 13.0 Å². The number of hydrogen-bond acceptors (Lipinski definition) is 3. The lowest BCUT2D eigenvalue weighted by Gasteiger charge is -2.21. The number of likely N-dealkylation sites (tertiary alicyclic amines) is 1. The van der Waals surface area contributed by atoms with Gasteiger partial charge in [0.05, 0.1) is 0 Å². The highest BCUT2D eigenvalue weighted by Crippen LogP contribution is 2.25. The van der Waals surface area contributed by atoms with Gasteiger partial charge in [-0.15, -0.1) is 0 Å². The maximum Gasteiger partial charge on any atom is 0.170 e. The van der Waals surface area contributed by atoms with Crippen molar-refractivity contribution in [2.24, 2.45) is 16.8 Å². The number of nitrogens with two attached hydrogens (primary N) is 1. The lowest BCUT2D eigenvalue weighted by atomic mass is 10.1. The molecule has 3 N–H and O–H groups in total. The molecule has 2 unspecified atom stereocenters. The molecule has 0 saturated carbocycles. The lowest BCUT2D eigenvalue weighted by Crippen LogP contribution is -2.27. The summed E-state index contributed by atoms with van der Waals surface area (Å²) in [6.45, 7) is 6.00. The second-order valence-electron chi connectivity index (χ2n) is 5.41. The molecule has 0 aromatic heterocycles. The highest BCUT2D eigenvalue weighted by atomic mass is 19.1. The Morgan fingerprint density at radius 3 is 2.79 bits per heavy atom. The first kappa shape index (κ1) is 13.8. The van der Waals surface area contributed by atoms with E-state index in [1.54, 1.807) is 12.1 Å². The van der Waals surface area contributed by atoms with E-state index in [1.165, 1.54) is 6.07 Å². The van der Waals surface area contributed by atoms with E-state index in [2.05, 4.69) is 23.9 Å². The third kappa shape index (κ3) is 3.04. The van der Waals surface area contributed by atoms with E-state index in [0.29, 0.717) is 29.6 Å². The smallest absolute Gasteiger partial charge is 0.170 e. The molecule has 1 aliphatic rings. The van der Waals surface area contributed by atoms with Gasteiger partial charge in [0.2, 0.25) is 0 Å². The molecule has 5 heteroatoms. The van der Waals surface area contributed by atoms with E-state index in [9.17, 15) is 4.39 Å². The standard InChI is InChI=1S/C14H20FN3O/c1-9-5-10(2)18(7-9)8-12-4-3-11(6-13(12)15)14(16)17-19/h3-4,6,9-10,19H,5,7-8H2,1-2H3,(H2,16,17). The van der Waals surface area contributed by atoms with Crippen molar-refractivity contribution in [2.45, 2.75) is 32.9 Å². The molecule has 19 heavy (non-hydrogen) atoms. The Hall–Kier alpha value is -1.62. The molecule has 1 heterocycles. The van der Waals surface area contributed by atoms with Crippen LogP contribution < -0.4 is 5.73 Å². The third-order valence-corrected chi connectivity index (χ3v) is 3.74. The zero-order valence-electron chi connectivity index (χ0n) is 11.3. The summed E-state index contributed by atoms with van der Waals surface area (Å²) in [6, 6.07) is 5.18. The number of nitrogens with zero attached hydrogens (tertiary/aromatic N) is 2. The van der Waals surface area contributed by atoms with Crippen LogP contribution in [-0.4, -0.2) is 28.5 Å². The van der Waals surface area contributed by atoms with Gasteiger partial charge >= 0.3 is 0 Å². The molecular formula is C14H20FN3O. The Balaban J connectivity index is 2.14. The first-order valence-corrected chi connectivity index (χ1v) is 6.51. The Bertz CT molecular complexity index is 490. The summed E-state index contributed by atoms with van der Waals surface area (Å²) in [4.78, 5) is 2.28. The molecule has 1 aromatic carbocycles. The topological polar surface area (TPSA) is 61.8 Å². The van der Waals surface area contributed by atoms with E-state index in [4.69, 9.17) is 10.9 Å². The van der Waals surface area contributed by atoms with Gasteiger partial charge in [-0.3, -0.25) is 4.90 Å². The van der Waals surface area contributed by atoms with Crippen LogP contribution in [0.3, 0.4) is 0 Å². The van der Waals surface area contributed by atoms with Crippen LogP contribution in [0.15, 0.2) is 23.4 Å².